The molecule has 1 aliphatic rings. The first-order valence-corrected chi connectivity index (χ1v) is 24.9. The zero-order valence-corrected chi connectivity index (χ0v) is 39.5. The van der Waals surface area contributed by atoms with Gasteiger partial charge in [-0.25, -0.2) is 18.4 Å². The van der Waals surface area contributed by atoms with Gasteiger partial charge in [0.05, 0.1) is 55.3 Å². The van der Waals surface area contributed by atoms with Crippen LogP contribution in [0.4, 0.5) is 11.6 Å². The first kappa shape index (κ1) is 54.3. The molecule has 0 saturated heterocycles. The maximum atomic E-state index is 13.6. The van der Waals surface area contributed by atoms with Crippen molar-refractivity contribution in [2.75, 3.05) is 70.4 Å². The molecule has 0 aliphatic carbocycles. The van der Waals surface area contributed by atoms with Crippen molar-refractivity contribution in [1.82, 2.24) is 25.3 Å². The number of nitrogens with two attached hydrogens (primary N) is 1. The average molecular weight is 979 g/mol. The number of amides is 2. The van der Waals surface area contributed by atoms with Crippen LogP contribution in [0.1, 0.15) is 72.5 Å². The predicted molar refractivity (Wildman–Crippen MR) is 247 cm³/mol. The Labute approximate surface area is 390 Å². The van der Waals surface area contributed by atoms with Crippen molar-refractivity contribution in [3.8, 4) is 5.75 Å². The Hall–Kier alpha value is -5.34. The van der Waals surface area contributed by atoms with Crippen molar-refractivity contribution in [3.05, 3.63) is 65.0 Å². The number of imidazole rings is 1. The highest BCUT2D eigenvalue weighted by atomic mass is 32.2. The van der Waals surface area contributed by atoms with Gasteiger partial charge in [-0.15, -0.1) is 0 Å². The van der Waals surface area contributed by atoms with Crippen LogP contribution in [0.5, 0.6) is 5.75 Å². The number of benzene rings is 2. The molecule has 2 heterocycles. The van der Waals surface area contributed by atoms with E-state index in [9.17, 15) is 41.1 Å². The number of carbonyl (C=O) groups excluding carboxylic acids is 3. The molecular weight excluding hydrogens is 917 g/mol. The van der Waals surface area contributed by atoms with Gasteiger partial charge in [-0.3, -0.25) is 23.7 Å². The highest BCUT2D eigenvalue weighted by Crippen LogP contribution is 2.30. The summed E-state index contributed by atoms with van der Waals surface area (Å²) in [6.45, 7) is 7.37. The fraction of sp³-hybridized carbons (Fsp3) is 0.535. The van der Waals surface area contributed by atoms with Gasteiger partial charge in [-0.05, 0) is 93.8 Å². The number of fused-ring (bicyclic) bond motifs is 1. The van der Waals surface area contributed by atoms with Crippen molar-refractivity contribution in [2.45, 2.75) is 82.8 Å². The number of aromatic nitrogens is 2. The van der Waals surface area contributed by atoms with Crippen molar-refractivity contribution in [2.24, 2.45) is 16.6 Å². The minimum Gasteiger partial charge on any atom is -0.494 e. The molecule has 0 bridgehead atoms. The van der Waals surface area contributed by atoms with Crippen molar-refractivity contribution < 1.29 is 64.6 Å². The summed E-state index contributed by atoms with van der Waals surface area (Å²) >= 11 is 0. The second kappa shape index (κ2) is 26.9. The number of ketones is 1. The molecular formula is C43H62N8O14S2. The largest absolute Gasteiger partial charge is 0.494 e. The third-order valence-electron chi connectivity index (χ3n) is 10.2. The van der Waals surface area contributed by atoms with Crippen molar-refractivity contribution in [3.63, 3.8) is 0 Å². The lowest BCUT2D eigenvalue weighted by molar-refractivity contribution is -0.138. The Bertz CT molecular complexity index is 2360. The molecule has 4 rings (SSSR count). The van der Waals surface area contributed by atoms with Crippen molar-refractivity contribution in [1.29, 1.82) is 0 Å². The number of carboxylic acids is 1. The quantitative estimate of drug-likeness (QED) is 0.0328. The molecule has 2 aromatic carbocycles. The highest BCUT2D eigenvalue weighted by molar-refractivity contribution is 7.89. The third-order valence-corrected chi connectivity index (χ3v) is 12.8. The molecule has 9 N–H and O–H groups in total. The fourth-order valence-electron chi connectivity index (χ4n) is 6.92. The van der Waals surface area contributed by atoms with Gasteiger partial charge in [0.15, 0.2) is 11.7 Å². The Morgan fingerprint density at radius 3 is 2.21 bits per heavy atom. The van der Waals surface area contributed by atoms with E-state index < -0.39 is 62.3 Å². The Balaban J connectivity index is 1.11. The molecule has 3 aromatic rings. The number of ether oxygens (including phenoxy) is 4. The SMILES string of the molecule is Cc1cc(OCCCC(=O)NCCCOCCOCCOCCCCC(N)CS(=O)(=O)O)cc(C)c1S(=O)(=O)NC(CNC(=O)C1=Nc2cc(CNc3ncc[nH]3)ccc2C(=O)C1C)C(=O)O. The van der Waals surface area contributed by atoms with Crippen LogP contribution in [0.2, 0.25) is 0 Å². The van der Waals surface area contributed by atoms with Gasteiger partial charge in [0, 0.05) is 63.3 Å². The summed E-state index contributed by atoms with van der Waals surface area (Å²) in [5.74, 6) is -3.36. The van der Waals surface area contributed by atoms with Crippen LogP contribution in [0, 0.1) is 19.8 Å². The van der Waals surface area contributed by atoms with Crippen LogP contribution in [-0.2, 0) is 55.3 Å². The van der Waals surface area contributed by atoms with E-state index in [2.05, 4.69) is 35.6 Å². The number of Topliss-reactive ketones (excluding diaryl/α,β-unsaturated/α-hetero) is 1. The number of sulfonamides is 1. The van der Waals surface area contributed by atoms with Crippen LogP contribution in [0.15, 0.2) is 52.6 Å². The molecule has 0 fully saturated rings. The molecule has 1 aromatic heterocycles. The number of H-pyrrole nitrogens is 1. The van der Waals surface area contributed by atoms with Crippen LogP contribution >= 0.6 is 0 Å². The monoisotopic (exact) mass is 978 g/mol. The van der Waals surface area contributed by atoms with Crippen molar-refractivity contribution >= 4 is 61.1 Å². The number of aromatic amines is 1. The molecule has 3 unspecified atom stereocenters. The fourth-order valence-corrected chi connectivity index (χ4v) is 9.27. The summed E-state index contributed by atoms with van der Waals surface area (Å²) in [4.78, 5) is 62.3. The third kappa shape index (κ3) is 18.7. The van der Waals surface area contributed by atoms with Gasteiger partial charge in [0.25, 0.3) is 16.0 Å². The zero-order valence-electron chi connectivity index (χ0n) is 37.9. The number of unbranched alkanes of at least 4 members (excludes halogenated alkanes) is 1. The number of carbonyl (C=O) groups is 4. The Morgan fingerprint density at radius 2 is 1.57 bits per heavy atom. The number of hydrogen-bond donors (Lipinski definition) is 8. The standard InChI is InChI=1S/C43H62N8O14S2/c1-28-22-33(65-17-6-9-37(52)45-12-7-16-63-19-21-64-20-18-62-15-5-4-8-32(44)27-66(57,58)59)23-29(2)40(28)67(60,61)51-36(42(55)56)26-48-41(54)38-30(3)39(53)34-11-10-31(24-35(34)50-38)25-49-43-46-13-14-47-43/h10-11,13-14,22-24,30,32,36,51H,4-9,12,15-21,25-27,44H2,1-3H3,(H,45,52)(H,48,54)(H,55,56)(H2,46,47,49)(H,57,58,59). The van der Waals surface area contributed by atoms with Gasteiger partial charge in [-0.2, -0.15) is 13.1 Å². The van der Waals surface area contributed by atoms with Gasteiger partial charge >= 0.3 is 5.97 Å². The minimum absolute atomic E-state index is 0.141. The molecule has 0 spiro atoms. The Morgan fingerprint density at radius 1 is 0.896 bits per heavy atom. The average Bonchev–Trinajstić information content (AvgIpc) is 3.78. The molecule has 2 amide bonds. The minimum atomic E-state index is -4.43. The number of aliphatic carboxylic acids is 1. The second-order valence-electron chi connectivity index (χ2n) is 15.8. The molecule has 0 radical (unpaired) electrons. The van der Waals surface area contributed by atoms with E-state index >= 15 is 0 Å². The summed E-state index contributed by atoms with van der Waals surface area (Å²) in [6, 6.07) is 5.67. The molecule has 3 atom stereocenters. The van der Waals surface area contributed by atoms with Gasteiger partial charge in [-0.1, -0.05) is 6.07 Å². The topological polar surface area (TPSA) is 329 Å². The summed E-state index contributed by atoms with van der Waals surface area (Å²) in [7, 11) is -8.50. The number of nitrogens with one attached hydrogen (secondary N) is 5. The first-order valence-electron chi connectivity index (χ1n) is 21.8. The molecule has 67 heavy (non-hydrogen) atoms. The number of anilines is 1. The second-order valence-corrected chi connectivity index (χ2v) is 19.0. The van der Waals surface area contributed by atoms with E-state index in [0.29, 0.717) is 102 Å². The van der Waals surface area contributed by atoms with Gasteiger partial charge in [0.1, 0.15) is 17.5 Å². The number of rotatable bonds is 32. The van der Waals surface area contributed by atoms with Crippen LogP contribution in [0.25, 0.3) is 0 Å². The van der Waals surface area contributed by atoms with Gasteiger partial charge in [0.2, 0.25) is 15.9 Å². The first-order chi connectivity index (χ1) is 31.8. The lowest BCUT2D eigenvalue weighted by Crippen LogP contribution is -2.50. The van der Waals surface area contributed by atoms with Crippen LogP contribution in [0.3, 0.4) is 0 Å². The van der Waals surface area contributed by atoms with E-state index in [-0.39, 0.29) is 52.1 Å². The number of aliphatic imine (C=N–C) groups is 1. The highest BCUT2D eigenvalue weighted by Gasteiger charge is 2.34. The van der Waals surface area contributed by atoms with E-state index in [1.54, 1.807) is 30.6 Å². The van der Waals surface area contributed by atoms with E-state index in [1.165, 1.54) is 32.9 Å². The zero-order chi connectivity index (χ0) is 49.0. The number of aryl methyl sites for hydroxylation is 2. The van der Waals surface area contributed by atoms with E-state index in [0.717, 1.165) is 5.56 Å². The molecule has 24 heteroatoms. The molecule has 22 nitrogen and oxygen atoms in total. The Kier molecular flexibility index (Phi) is 21.8. The van der Waals surface area contributed by atoms with Crippen LogP contribution < -0.4 is 31.1 Å². The summed E-state index contributed by atoms with van der Waals surface area (Å²) < 4.78 is 82.0. The summed E-state index contributed by atoms with van der Waals surface area (Å²) in [5, 5.41) is 18.3. The summed E-state index contributed by atoms with van der Waals surface area (Å²) in [6.07, 6.45) is 6.30. The predicted octanol–water partition coefficient (Wildman–Crippen LogP) is 2.19. The van der Waals surface area contributed by atoms with Gasteiger partial charge < -0.3 is 50.7 Å². The van der Waals surface area contributed by atoms with E-state index in [4.69, 9.17) is 29.2 Å². The molecule has 1 aliphatic heterocycles. The maximum Gasteiger partial charge on any atom is 0.323 e. The van der Waals surface area contributed by atoms with Crippen LogP contribution in [-0.4, -0.2) is 143 Å². The summed E-state index contributed by atoms with van der Waals surface area (Å²) in [5.41, 5.74) is 7.44. The molecule has 0 saturated carbocycles. The molecule has 370 valence electrons. The lowest BCUT2D eigenvalue weighted by Gasteiger charge is -2.22. The maximum absolute atomic E-state index is 13.6. The smallest absolute Gasteiger partial charge is 0.323 e. The lowest BCUT2D eigenvalue weighted by atomic mass is 9.89. The normalized spacial score (nSPS) is 14.7. The number of hydrogen-bond acceptors (Lipinski definition) is 16. The number of nitrogens with zero attached hydrogens (tertiary/aromatic N) is 2. The number of carboxylic acid groups (broad SMARTS) is 1. The van der Waals surface area contributed by atoms with E-state index in [1.807, 2.05) is 0 Å².